The van der Waals surface area contributed by atoms with Crippen LogP contribution in [0, 0.1) is 0 Å². The summed E-state index contributed by atoms with van der Waals surface area (Å²) < 4.78 is 2.13. The fourth-order valence-electron chi connectivity index (χ4n) is 5.50. The highest BCUT2D eigenvalue weighted by Crippen LogP contribution is 2.34. The van der Waals surface area contributed by atoms with Crippen molar-refractivity contribution in [3.8, 4) is 0 Å². The van der Waals surface area contributed by atoms with Gasteiger partial charge in [0.1, 0.15) is 5.52 Å². The van der Waals surface area contributed by atoms with Crippen LogP contribution < -0.4 is 0 Å². The van der Waals surface area contributed by atoms with Gasteiger partial charge < -0.3 is 9.80 Å². The highest BCUT2D eigenvalue weighted by molar-refractivity contribution is 5.80. The summed E-state index contributed by atoms with van der Waals surface area (Å²) in [4.78, 5) is 17.2. The first-order chi connectivity index (χ1) is 14.8. The second kappa shape index (κ2) is 8.88. The number of carbonyl (C=O) groups is 1. The van der Waals surface area contributed by atoms with Gasteiger partial charge in [0.25, 0.3) is 0 Å². The van der Waals surface area contributed by atoms with E-state index in [9.17, 15) is 4.79 Å². The van der Waals surface area contributed by atoms with Crippen LogP contribution in [-0.4, -0.2) is 56.9 Å². The molecule has 0 spiro atoms. The van der Waals surface area contributed by atoms with Gasteiger partial charge in [-0.3, -0.25) is 4.79 Å². The molecule has 0 saturated carbocycles. The maximum Gasteiger partial charge on any atom is 0.227 e. The van der Waals surface area contributed by atoms with Crippen molar-refractivity contribution in [2.45, 2.75) is 70.3 Å². The van der Waals surface area contributed by atoms with Gasteiger partial charge in [-0.1, -0.05) is 22.9 Å². The predicted octanol–water partition coefficient (Wildman–Crippen LogP) is 4.30. The van der Waals surface area contributed by atoms with E-state index in [-0.39, 0.29) is 0 Å². The summed E-state index contributed by atoms with van der Waals surface area (Å²) in [5.41, 5.74) is 5.10. The quantitative estimate of drug-likeness (QED) is 0.670. The molecule has 3 heterocycles. The van der Waals surface area contributed by atoms with Crippen molar-refractivity contribution >= 4 is 16.9 Å². The molecule has 1 fully saturated rings. The van der Waals surface area contributed by atoms with Gasteiger partial charge in [-0.15, -0.1) is 5.10 Å². The molecule has 0 bridgehead atoms. The zero-order valence-electron chi connectivity index (χ0n) is 17.9. The van der Waals surface area contributed by atoms with Crippen LogP contribution in [0.15, 0.2) is 35.5 Å². The van der Waals surface area contributed by atoms with E-state index in [4.69, 9.17) is 0 Å². The molecule has 160 valence electrons. The molecule has 1 aromatic carbocycles. The van der Waals surface area contributed by atoms with Crippen LogP contribution in [0.25, 0.3) is 11.0 Å². The number of para-hydroxylation sites is 1. The zero-order valence-corrected chi connectivity index (χ0v) is 17.9. The Labute approximate surface area is 178 Å². The average molecular weight is 408 g/mol. The number of amides is 1. The van der Waals surface area contributed by atoms with Gasteiger partial charge in [-0.05, 0) is 76.5 Å². The number of unbranched alkanes of at least 4 members (excludes halogenated alkanes) is 1. The predicted molar refractivity (Wildman–Crippen MR) is 118 cm³/mol. The Morgan fingerprint density at radius 3 is 2.63 bits per heavy atom. The van der Waals surface area contributed by atoms with Crippen molar-refractivity contribution in [1.82, 2.24) is 24.8 Å². The topological polar surface area (TPSA) is 54.3 Å². The van der Waals surface area contributed by atoms with E-state index in [1.165, 1.54) is 31.4 Å². The maximum atomic E-state index is 12.5. The summed E-state index contributed by atoms with van der Waals surface area (Å²) in [6.07, 6.45) is 11.2. The Morgan fingerprint density at radius 1 is 0.933 bits per heavy atom. The van der Waals surface area contributed by atoms with E-state index in [0.29, 0.717) is 11.9 Å². The summed E-state index contributed by atoms with van der Waals surface area (Å²) in [5.74, 6) is 0.358. The van der Waals surface area contributed by atoms with Crippen molar-refractivity contribution < 1.29 is 4.79 Å². The van der Waals surface area contributed by atoms with E-state index in [0.717, 1.165) is 75.7 Å². The smallest absolute Gasteiger partial charge is 0.227 e. The van der Waals surface area contributed by atoms with E-state index >= 15 is 0 Å². The van der Waals surface area contributed by atoms with Gasteiger partial charge in [0.15, 0.2) is 0 Å². The first kappa shape index (κ1) is 19.7. The molecule has 5 rings (SSSR count). The third-order valence-corrected chi connectivity index (χ3v) is 7.20. The second-order valence-electron chi connectivity index (χ2n) is 9.11. The number of hydrogen-bond donors (Lipinski definition) is 0. The summed E-state index contributed by atoms with van der Waals surface area (Å²) in [6, 6.07) is 8.70. The van der Waals surface area contributed by atoms with Gasteiger partial charge in [-0.2, -0.15) is 0 Å². The zero-order chi connectivity index (χ0) is 20.3. The Kier molecular flexibility index (Phi) is 5.84. The highest BCUT2D eigenvalue weighted by atomic mass is 16.2. The molecule has 0 atom stereocenters. The van der Waals surface area contributed by atoms with Gasteiger partial charge >= 0.3 is 0 Å². The summed E-state index contributed by atoms with van der Waals surface area (Å²) in [6.45, 7) is 4.30. The molecule has 1 aliphatic carbocycles. The standard InChI is InChI=1S/C24H33N5O/c30-24-12-11-19-7-1-3-9-22(19)28(24)16-6-5-15-27-17-13-20(14-18-27)29-23-10-4-2-8-21(23)25-26-29/h2,4,8,10,20H,1,3,5-7,9,11-18H2. The molecule has 30 heavy (non-hydrogen) atoms. The largest absolute Gasteiger partial charge is 0.316 e. The fraction of sp³-hybridized carbons (Fsp3) is 0.625. The molecule has 1 saturated heterocycles. The maximum absolute atomic E-state index is 12.5. The van der Waals surface area contributed by atoms with Crippen molar-refractivity contribution in [2.75, 3.05) is 26.2 Å². The van der Waals surface area contributed by atoms with Crippen LogP contribution in [0.5, 0.6) is 0 Å². The first-order valence-corrected chi connectivity index (χ1v) is 11.8. The second-order valence-corrected chi connectivity index (χ2v) is 9.11. The number of fused-ring (bicyclic) bond motifs is 1. The SMILES string of the molecule is O=C1CCC2=C(CCCC2)N1CCCCN1CCC(n2nnc3ccccc32)CC1. The lowest BCUT2D eigenvalue weighted by Gasteiger charge is -2.35. The van der Waals surface area contributed by atoms with Crippen molar-refractivity contribution in [3.63, 3.8) is 0 Å². The number of piperidine rings is 1. The number of aromatic nitrogens is 3. The minimum Gasteiger partial charge on any atom is -0.316 e. The van der Waals surface area contributed by atoms with Crippen LogP contribution in [0.4, 0.5) is 0 Å². The Morgan fingerprint density at radius 2 is 1.73 bits per heavy atom. The lowest BCUT2D eigenvalue weighted by molar-refractivity contribution is -0.130. The fourth-order valence-corrected chi connectivity index (χ4v) is 5.50. The van der Waals surface area contributed by atoms with E-state index < -0.39 is 0 Å². The molecule has 6 nitrogen and oxygen atoms in total. The number of allylic oxidation sites excluding steroid dienone is 2. The number of rotatable bonds is 6. The molecule has 0 N–H and O–H groups in total. The lowest BCUT2D eigenvalue weighted by atomic mass is 9.89. The number of nitrogens with zero attached hydrogens (tertiary/aromatic N) is 5. The van der Waals surface area contributed by atoms with Crippen molar-refractivity contribution in [2.24, 2.45) is 0 Å². The molecule has 6 heteroatoms. The van der Waals surface area contributed by atoms with E-state index in [2.05, 4.69) is 36.9 Å². The summed E-state index contributed by atoms with van der Waals surface area (Å²) in [5, 5.41) is 8.73. The van der Waals surface area contributed by atoms with Gasteiger partial charge in [0.05, 0.1) is 11.6 Å². The molecular formula is C24H33N5O. The van der Waals surface area contributed by atoms with Gasteiger partial charge in [0.2, 0.25) is 5.91 Å². The minimum absolute atomic E-state index is 0.358. The Bertz CT molecular complexity index is 925. The normalized spacial score (nSPS) is 21.5. The monoisotopic (exact) mass is 407 g/mol. The van der Waals surface area contributed by atoms with Gasteiger partial charge in [-0.25, -0.2) is 4.68 Å². The molecule has 0 unspecified atom stereocenters. The number of benzene rings is 1. The van der Waals surface area contributed by atoms with Crippen LogP contribution >= 0.6 is 0 Å². The third-order valence-electron chi connectivity index (χ3n) is 7.20. The molecule has 2 aliphatic heterocycles. The average Bonchev–Trinajstić information content (AvgIpc) is 3.22. The molecule has 3 aliphatic rings. The highest BCUT2D eigenvalue weighted by Gasteiger charge is 2.28. The van der Waals surface area contributed by atoms with E-state index in [1.807, 2.05) is 12.1 Å². The molecule has 1 aromatic heterocycles. The molecule has 0 radical (unpaired) electrons. The van der Waals surface area contributed by atoms with E-state index in [1.54, 1.807) is 5.57 Å². The third kappa shape index (κ3) is 4.02. The Hall–Kier alpha value is -2.21. The van der Waals surface area contributed by atoms with Crippen LogP contribution in [-0.2, 0) is 4.79 Å². The molecule has 2 aromatic rings. The first-order valence-electron chi connectivity index (χ1n) is 11.8. The number of likely N-dealkylation sites (tertiary alicyclic amines) is 1. The Balaban J connectivity index is 1.08. The minimum atomic E-state index is 0.358. The van der Waals surface area contributed by atoms with Crippen LogP contribution in [0.1, 0.15) is 70.3 Å². The lowest BCUT2D eigenvalue weighted by Crippen LogP contribution is -2.37. The molecular weight excluding hydrogens is 374 g/mol. The number of carbonyl (C=O) groups excluding carboxylic acids is 1. The van der Waals surface area contributed by atoms with Gasteiger partial charge in [0, 0.05) is 31.8 Å². The van der Waals surface area contributed by atoms with Crippen molar-refractivity contribution in [3.05, 3.63) is 35.5 Å². The molecule has 1 amide bonds. The summed E-state index contributed by atoms with van der Waals surface area (Å²) >= 11 is 0. The van der Waals surface area contributed by atoms with Crippen LogP contribution in [0.3, 0.4) is 0 Å². The number of hydrogen-bond acceptors (Lipinski definition) is 4. The van der Waals surface area contributed by atoms with Crippen molar-refractivity contribution in [1.29, 1.82) is 0 Å². The van der Waals surface area contributed by atoms with Crippen LogP contribution in [0.2, 0.25) is 0 Å². The summed E-state index contributed by atoms with van der Waals surface area (Å²) in [7, 11) is 0.